The average molecular weight is 344 g/mol. The van der Waals surface area contributed by atoms with Crippen LogP contribution in [0.15, 0.2) is 42.5 Å². The molecule has 1 amide bonds. The van der Waals surface area contributed by atoms with Gasteiger partial charge in [0.2, 0.25) is 5.91 Å². The van der Waals surface area contributed by atoms with E-state index in [0.29, 0.717) is 12.8 Å². The molecule has 1 aromatic carbocycles. The maximum atomic E-state index is 12.0. The molecule has 1 fully saturated rings. The van der Waals surface area contributed by atoms with Crippen molar-refractivity contribution >= 4 is 17.7 Å². The van der Waals surface area contributed by atoms with Gasteiger partial charge in [0.15, 0.2) is 0 Å². The van der Waals surface area contributed by atoms with Crippen LogP contribution < -0.4 is 0 Å². The van der Waals surface area contributed by atoms with Crippen molar-refractivity contribution in [2.45, 2.75) is 44.2 Å². The Hall–Kier alpha value is -1.77. The van der Waals surface area contributed by atoms with Crippen LogP contribution >= 0.6 is 11.8 Å². The normalized spacial score (nSPS) is 18.9. The fraction of sp³-hybridized carbons (Fsp3) is 0.474. The molecule has 1 saturated heterocycles. The van der Waals surface area contributed by atoms with Crippen molar-refractivity contribution in [1.29, 1.82) is 5.26 Å². The minimum absolute atomic E-state index is 0.0894. The third kappa shape index (κ3) is 6.03. The summed E-state index contributed by atoms with van der Waals surface area (Å²) in [5, 5.41) is 20.7. The number of hydrogen-bond acceptors (Lipinski definition) is 4. The fourth-order valence-electron chi connectivity index (χ4n) is 2.93. The number of hydrogen-bond donors (Lipinski definition) is 1. The summed E-state index contributed by atoms with van der Waals surface area (Å²) in [6, 6.07) is 9.99. The van der Waals surface area contributed by atoms with E-state index in [0.717, 1.165) is 37.1 Å². The molecule has 1 aliphatic rings. The largest absolute Gasteiger partial charge is 0.389 e. The van der Waals surface area contributed by atoms with E-state index in [1.54, 1.807) is 0 Å². The van der Waals surface area contributed by atoms with Crippen molar-refractivity contribution in [2.24, 2.45) is 0 Å². The van der Waals surface area contributed by atoms with E-state index in [-0.39, 0.29) is 11.9 Å². The Morgan fingerprint density at radius 3 is 2.92 bits per heavy atom. The number of amides is 1. The van der Waals surface area contributed by atoms with Gasteiger partial charge in [-0.2, -0.15) is 5.26 Å². The van der Waals surface area contributed by atoms with Gasteiger partial charge in [-0.1, -0.05) is 42.5 Å². The highest BCUT2D eigenvalue weighted by atomic mass is 32.2. The molecule has 2 atom stereocenters. The third-order valence-electron chi connectivity index (χ3n) is 4.18. The number of carbonyl (C=O) groups excluding carboxylic acids is 1. The predicted molar refractivity (Wildman–Crippen MR) is 97.3 cm³/mol. The number of aliphatic hydroxyl groups excluding tert-OH is 1. The van der Waals surface area contributed by atoms with Crippen molar-refractivity contribution in [2.75, 3.05) is 12.3 Å². The number of nitriles is 1. The minimum Gasteiger partial charge on any atom is -0.389 e. The molecule has 5 heteroatoms. The van der Waals surface area contributed by atoms with Crippen LogP contribution in [0.25, 0.3) is 0 Å². The van der Waals surface area contributed by atoms with Crippen LogP contribution in [0.3, 0.4) is 0 Å². The van der Waals surface area contributed by atoms with Crippen molar-refractivity contribution in [3.63, 3.8) is 0 Å². The number of thiocyanates is 1. The Morgan fingerprint density at radius 2 is 2.17 bits per heavy atom. The second-order valence-electron chi connectivity index (χ2n) is 5.98. The van der Waals surface area contributed by atoms with E-state index in [1.807, 2.05) is 47.4 Å². The lowest BCUT2D eigenvalue weighted by Gasteiger charge is -2.22. The number of benzene rings is 1. The molecule has 1 aliphatic heterocycles. The summed E-state index contributed by atoms with van der Waals surface area (Å²) < 4.78 is 0. The summed E-state index contributed by atoms with van der Waals surface area (Å²) in [4.78, 5) is 13.9. The van der Waals surface area contributed by atoms with Gasteiger partial charge in [-0.05, 0) is 36.6 Å². The van der Waals surface area contributed by atoms with Crippen LogP contribution in [0.4, 0.5) is 0 Å². The lowest BCUT2D eigenvalue weighted by atomic mass is 10.1. The Bertz CT molecular complexity index is 583. The number of carbonyl (C=O) groups is 1. The first-order valence-corrected chi connectivity index (χ1v) is 9.40. The van der Waals surface area contributed by atoms with Crippen LogP contribution in [-0.4, -0.2) is 40.4 Å². The number of nitrogens with zero attached hydrogens (tertiary/aromatic N) is 2. The van der Waals surface area contributed by atoms with Gasteiger partial charge in [0.05, 0.1) is 12.1 Å². The van der Waals surface area contributed by atoms with Crippen molar-refractivity contribution < 1.29 is 9.90 Å². The molecular formula is C19H24N2O2S. The number of rotatable bonds is 9. The van der Waals surface area contributed by atoms with Gasteiger partial charge in [-0.15, -0.1) is 0 Å². The molecule has 1 heterocycles. The topological polar surface area (TPSA) is 64.3 Å². The van der Waals surface area contributed by atoms with Crippen LogP contribution in [0.2, 0.25) is 0 Å². The highest BCUT2D eigenvalue weighted by Crippen LogP contribution is 2.21. The summed E-state index contributed by atoms with van der Waals surface area (Å²) in [7, 11) is 0. The zero-order valence-corrected chi connectivity index (χ0v) is 14.6. The second-order valence-corrected chi connectivity index (χ2v) is 6.86. The van der Waals surface area contributed by atoms with Crippen LogP contribution in [-0.2, 0) is 11.2 Å². The van der Waals surface area contributed by atoms with Gasteiger partial charge in [0, 0.05) is 25.1 Å². The van der Waals surface area contributed by atoms with E-state index in [2.05, 4.69) is 5.40 Å². The number of thioether (sulfide) groups is 1. The standard InChI is InChI=1S/C19H24N2O2S/c20-15-24-13-5-4-12-21-17(9-11-19(21)23)8-10-18(22)14-16-6-2-1-3-7-16/h1-3,6-8,10,17-18,22H,4-5,9,11-14H2. The molecular weight excluding hydrogens is 320 g/mol. The van der Waals surface area contributed by atoms with Crippen molar-refractivity contribution in [3.8, 4) is 5.40 Å². The van der Waals surface area contributed by atoms with E-state index in [1.165, 1.54) is 11.8 Å². The highest BCUT2D eigenvalue weighted by Gasteiger charge is 2.28. The summed E-state index contributed by atoms with van der Waals surface area (Å²) in [5.74, 6) is 1.00. The van der Waals surface area contributed by atoms with Crippen LogP contribution in [0.1, 0.15) is 31.2 Å². The van der Waals surface area contributed by atoms with E-state index >= 15 is 0 Å². The average Bonchev–Trinajstić information content (AvgIpc) is 2.94. The first kappa shape index (κ1) is 18.6. The van der Waals surface area contributed by atoms with E-state index in [9.17, 15) is 9.90 Å². The molecule has 2 rings (SSSR count). The van der Waals surface area contributed by atoms with Gasteiger partial charge < -0.3 is 10.0 Å². The first-order valence-electron chi connectivity index (χ1n) is 8.41. The SMILES string of the molecule is N#CSCCCCN1C(=O)CCC1C=CC(O)Cc1ccccc1. The van der Waals surface area contributed by atoms with Crippen LogP contribution in [0.5, 0.6) is 0 Å². The molecule has 0 bridgehead atoms. The summed E-state index contributed by atoms with van der Waals surface area (Å²) in [6.45, 7) is 0.731. The number of aliphatic hydroxyl groups is 1. The zero-order chi connectivity index (χ0) is 17.2. The maximum Gasteiger partial charge on any atom is 0.223 e. The lowest BCUT2D eigenvalue weighted by molar-refractivity contribution is -0.128. The van der Waals surface area contributed by atoms with Gasteiger partial charge in [0.1, 0.15) is 5.40 Å². The molecule has 128 valence electrons. The van der Waals surface area contributed by atoms with Crippen molar-refractivity contribution in [3.05, 3.63) is 48.0 Å². The Balaban J connectivity index is 1.80. The smallest absolute Gasteiger partial charge is 0.223 e. The van der Waals surface area contributed by atoms with Gasteiger partial charge >= 0.3 is 0 Å². The van der Waals surface area contributed by atoms with Gasteiger partial charge in [-0.25, -0.2) is 0 Å². The minimum atomic E-state index is -0.531. The summed E-state index contributed by atoms with van der Waals surface area (Å²) in [6.07, 6.45) is 7.10. The third-order valence-corrected chi connectivity index (χ3v) is 4.80. The Kier molecular flexibility index (Phi) is 7.87. The van der Waals surface area contributed by atoms with Crippen LogP contribution in [0, 0.1) is 10.7 Å². The molecule has 0 aromatic heterocycles. The molecule has 1 aromatic rings. The molecule has 0 saturated carbocycles. The molecule has 4 nitrogen and oxygen atoms in total. The fourth-order valence-corrected chi connectivity index (χ4v) is 3.37. The van der Waals surface area contributed by atoms with Gasteiger partial charge in [-0.3, -0.25) is 4.79 Å². The Morgan fingerprint density at radius 1 is 1.38 bits per heavy atom. The lowest BCUT2D eigenvalue weighted by Crippen LogP contribution is -2.33. The molecule has 1 N–H and O–H groups in total. The summed E-state index contributed by atoms with van der Waals surface area (Å²) in [5.41, 5.74) is 1.10. The molecule has 24 heavy (non-hydrogen) atoms. The zero-order valence-electron chi connectivity index (χ0n) is 13.8. The highest BCUT2D eigenvalue weighted by molar-refractivity contribution is 8.03. The second kappa shape index (κ2) is 10.2. The maximum absolute atomic E-state index is 12.0. The van der Waals surface area contributed by atoms with Crippen molar-refractivity contribution in [1.82, 2.24) is 4.90 Å². The number of unbranched alkanes of at least 4 members (excludes halogenated alkanes) is 1. The molecule has 0 spiro atoms. The molecule has 0 aliphatic carbocycles. The van der Waals surface area contributed by atoms with E-state index in [4.69, 9.17) is 5.26 Å². The monoisotopic (exact) mass is 344 g/mol. The predicted octanol–water partition coefficient (Wildman–Crippen LogP) is 3.13. The van der Waals surface area contributed by atoms with E-state index < -0.39 is 6.10 Å². The first-order chi connectivity index (χ1) is 11.7. The molecule has 0 radical (unpaired) electrons. The quantitative estimate of drug-likeness (QED) is 0.425. The van der Waals surface area contributed by atoms with Gasteiger partial charge in [0.25, 0.3) is 0 Å². The number of likely N-dealkylation sites (tertiary alicyclic amines) is 1. The summed E-state index contributed by atoms with van der Waals surface area (Å²) >= 11 is 1.26. The Labute approximate surface area is 148 Å². The molecule has 2 unspecified atom stereocenters.